The van der Waals surface area contributed by atoms with Gasteiger partial charge >= 0.3 is 0 Å². The highest BCUT2D eigenvalue weighted by Gasteiger charge is 2.36. The molecule has 0 bridgehead atoms. The maximum atomic E-state index is 13.9. The maximum Gasteiger partial charge on any atom is 0.294 e. The van der Waals surface area contributed by atoms with Crippen molar-refractivity contribution in [3.8, 4) is 5.75 Å². The number of amides is 3. The molecule has 3 amide bonds. The molecule has 1 fully saturated rings. The Kier molecular flexibility index (Phi) is 10.1. The predicted octanol–water partition coefficient (Wildman–Crippen LogP) is 7.51. The van der Waals surface area contributed by atoms with Crippen LogP contribution in [0.5, 0.6) is 5.75 Å². The number of halogens is 5. The molecule has 0 spiro atoms. The molecule has 220 valence electrons. The molecule has 0 atom stereocenters. The van der Waals surface area contributed by atoms with E-state index in [1.54, 1.807) is 24.3 Å². The Morgan fingerprint density at radius 3 is 2.45 bits per heavy atom. The van der Waals surface area contributed by atoms with Gasteiger partial charge in [0.05, 0.1) is 10.6 Å². The molecule has 0 unspecified atom stereocenters. The third-order valence-electron chi connectivity index (χ3n) is 6.30. The van der Waals surface area contributed by atoms with Crippen LogP contribution in [0.25, 0.3) is 6.08 Å². The monoisotopic (exact) mass is 637 g/mol. The minimum atomic E-state index is -1.76. The molecule has 1 N–H and O–H groups in total. The third kappa shape index (κ3) is 7.03. The number of carbonyl (C=O) groups excluding carboxylic acids is 3. The summed E-state index contributed by atoms with van der Waals surface area (Å²) in [5, 5.41) is 2.22. The van der Waals surface area contributed by atoms with Gasteiger partial charge < -0.3 is 15.0 Å². The van der Waals surface area contributed by atoms with E-state index in [4.69, 9.17) is 27.9 Å². The minimum Gasteiger partial charge on any atom is -0.488 e. The van der Waals surface area contributed by atoms with Crippen LogP contribution in [0.2, 0.25) is 10.0 Å². The summed E-state index contributed by atoms with van der Waals surface area (Å²) in [7, 11) is 0. The van der Waals surface area contributed by atoms with Crippen molar-refractivity contribution in [2.75, 3.05) is 29.9 Å². The minimum absolute atomic E-state index is 0.0248. The van der Waals surface area contributed by atoms with Crippen LogP contribution < -0.4 is 15.0 Å². The Morgan fingerprint density at radius 2 is 1.76 bits per heavy atom. The lowest BCUT2D eigenvalue weighted by Crippen LogP contribution is -2.36. The molecular formula is C29H24Cl2F3N3O4S. The van der Waals surface area contributed by atoms with Gasteiger partial charge in [-0.1, -0.05) is 29.3 Å². The molecule has 13 heteroatoms. The first-order valence-corrected chi connectivity index (χ1v) is 14.2. The fourth-order valence-corrected chi connectivity index (χ4v) is 5.37. The maximum absolute atomic E-state index is 13.9. The fourth-order valence-electron chi connectivity index (χ4n) is 4.08. The van der Waals surface area contributed by atoms with Crippen molar-refractivity contribution in [3.05, 3.63) is 92.1 Å². The normalized spacial score (nSPS) is 14.1. The highest BCUT2D eigenvalue weighted by molar-refractivity contribution is 8.18. The van der Waals surface area contributed by atoms with E-state index in [0.29, 0.717) is 49.6 Å². The number of carbonyl (C=O) groups is 3. The van der Waals surface area contributed by atoms with Crippen LogP contribution in [0, 0.1) is 17.5 Å². The number of hydrogen-bond donors (Lipinski definition) is 1. The van der Waals surface area contributed by atoms with Crippen molar-refractivity contribution in [3.63, 3.8) is 0 Å². The zero-order valence-electron chi connectivity index (χ0n) is 22.4. The summed E-state index contributed by atoms with van der Waals surface area (Å²) in [5.41, 5.74) is 1.43. The number of nitrogens with zero attached hydrogens (tertiary/aromatic N) is 2. The van der Waals surface area contributed by atoms with E-state index in [1.807, 2.05) is 31.3 Å². The summed E-state index contributed by atoms with van der Waals surface area (Å²) in [4.78, 5) is 40.9. The molecule has 0 aromatic heterocycles. The first-order chi connectivity index (χ1) is 20.0. The van der Waals surface area contributed by atoms with E-state index in [9.17, 15) is 27.6 Å². The van der Waals surface area contributed by atoms with Crippen molar-refractivity contribution in [2.24, 2.45) is 0 Å². The molecule has 0 aliphatic carbocycles. The second-order valence-corrected chi connectivity index (χ2v) is 10.8. The molecule has 0 saturated carbocycles. The van der Waals surface area contributed by atoms with Crippen molar-refractivity contribution < 1.29 is 32.3 Å². The molecule has 1 heterocycles. The van der Waals surface area contributed by atoms with Gasteiger partial charge in [0, 0.05) is 46.0 Å². The van der Waals surface area contributed by atoms with Crippen LogP contribution in [-0.2, 0) is 16.2 Å². The highest BCUT2D eigenvalue weighted by atomic mass is 35.5. The molecule has 3 aromatic rings. The van der Waals surface area contributed by atoms with Crippen LogP contribution in [0.1, 0.15) is 25.0 Å². The van der Waals surface area contributed by atoms with Crippen LogP contribution >= 0.6 is 35.0 Å². The van der Waals surface area contributed by atoms with Crippen molar-refractivity contribution in [2.45, 2.75) is 20.5 Å². The van der Waals surface area contributed by atoms with Gasteiger partial charge in [-0.05, 0) is 68.1 Å². The number of anilines is 2. The number of rotatable bonds is 10. The lowest BCUT2D eigenvalue weighted by molar-refractivity contribution is -0.127. The summed E-state index contributed by atoms with van der Waals surface area (Å²) < 4.78 is 46.7. The summed E-state index contributed by atoms with van der Waals surface area (Å²) in [5.74, 6) is -6.10. The van der Waals surface area contributed by atoms with Gasteiger partial charge in [0.2, 0.25) is 5.91 Å². The Morgan fingerprint density at radius 1 is 1.02 bits per heavy atom. The van der Waals surface area contributed by atoms with Crippen molar-refractivity contribution in [1.29, 1.82) is 0 Å². The van der Waals surface area contributed by atoms with Crippen LogP contribution in [0.15, 0.2) is 53.4 Å². The first kappa shape index (κ1) is 31.3. The Labute approximate surface area is 254 Å². The number of imide groups is 1. The summed E-state index contributed by atoms with van der Waals surface area (Å²) in [6.45, 7) is 4.85. The average Bonchev–Trinajstić information content (AvgIpc) is 3.21. The molecule has 42 heavy (non-hydrogen) atoms. The lowest BCUT2D eigenvalue weighted by atomic mass is 10.1. The Bertz CT molecular complexity index is 1580. The largest absolute Gasteiger partial charge is 0.488 e. The SMILES string of the molecule is CCN(CC)c1ccc(/C=C2/SC(=O)N(CC(=O)Nc3ccc(F)c(F)c3F)C2=O)c(OCc2ccc(Cl)cc2Cl)c1. The second kappa shape index (κ2) is 13.5. The van der Waals surface area contributed by atoms with Crippen molar-refractivity contribution in [1.82, 2.24) is 4.90 Å². The number of benzene rings is 3. The highest BCUT2D eigenvalue weighted by Crippen LogP contribution is 2.36. The van der Waals surface area contributed by atoms with E-state index >= 15 is 0 Å². The molecule has 4 rings (SSSR count). The number of hydrogen-bond acceptors (Lipinski definition) is 6. The number of nitrogens with one attached hydrogen (secondary N) is 1. The summed E-state index contributed by atoms with van der Waals surface area (Å²) in [6, 6.07) is 11.9. The topological polar surface area (TPSA) is 79.0 Å². The van der Waals surface area contributed by atoms with Crippen LogP contribution in [-0.4, -0.2) is 41.6 Å². The molecule has 1 aliphatic heterocycles. The summed E-state index contributed by atoms with van der Waals surface area (Å²) in [6.07, 6.45) is 1.47. The van der Waals surface area contributed by atoms with Crippen LogP contribution in [0.4, 0.5) is 29.3 Å². The second-order valence-electron chi connectivity index (χ2n) is 8.96. The van der Waals surface area contributed by atoms with Crippen molar-refractivity contribution >= 4 is 69.5 Å². The van der Waals surface area contributed by atoms with Gasteiger partial charge in [0.1, 0.15) is 18.9 Å². The predicted molar refractivity (Wildman–Crippen MR) is 158 cm³/mol. The van der Waals surface area contributed by atoms with E-state index in [2.05, 4.69) is 4.90 Å². The molecular weight excluding hydrogens is 614 g/mol. The van der Waals surface area contributed by atoms with Gasteiger partial charge in [0.25, 0.3) is 11.1 Å². The van der Waals surface area contributed by atoms with E-state index in [0.717, 1.165) is 24.8 Å². The number of thioether (sulfide) groups is 1. The zero-order chi connectivity index (χ0) is 30.6. The molecule has 0 radical (unpaired) electrons. The quantitative estimate of drug-likeness (QED) is 0.183. The van der Waals surface area contributed by atoms with Gasteiger partial charge in [-0.25, -0.2) is 13.2 Å². The van der Waals surface area contributed by atoms with Crippen LogP contribution in [0.3, 0.4) is 0 Å². The average molecular weight is 638 g/mol. The Hall–Kier alpha value is -3.67. The smallest absolute Gasteiger partial charge is 0.294 e. The van der Waals surface area contributed by atoms with E-state index in [1.165, 1.54) is 6.08 Å². The molecule has 1 saturated heterocycles. The lowest BCUT2D eigenvalue weighted by Gasteiger charge is -2.22. The zero-order valence-corrected chi connectivity index (χ0v) is 24.7. The fraction of sp³-hybridized carbons (Fsp3) is 0.207. The summed E-state index contributed by atoms with van der Waals surface area (Å²) >= 11 is 12.9. The number of ether oxygens (including phenoxy) is 1. The van der Waals surface area contributed by atoms with Gasteiger partial charge in [-0.15, -0.1) is 0 Å². The third-order valence-corrected chi connectivity index (χ3v) is 7.79. The van der Waals surface area contributed by atoms with Gasteiger partial charge in [0.15, 0.2) is 17.5 Å². The molecule has 7 nitrogen and oxygen atoms in total. The van der Waals surface area contributed by atoms with E-state index < -0.39 is 46.7 Å². The molecule has 1 aliphatic rings. The first-order valence-electron chi connectivity index (χ1n) is 12.7. The molecule has 3 aromatic carbocycles. The van der Waals surface area contributed by atoms with Gasteiger partial charge in [-0.2, -0.15) is 0 Å². The Balaban J connectivity index is 1.56. The standard InChI is InChI=1S/C29H24Cl2F3N3O4S/c1-3-36(4-2)19-8-6-16(23(13-19)41-15-17-5-7-18(30)12-20(17)31)11-24-28(39)37(29(40)42-24)14-25(38)35-22-10-9-21(32)26(33)27(22)34/h5-13H,3-4,14-15H2,1-2H3,(H,35,38)/b24-11+. The van der Waals surface area contributed by atoms with Gasteiger partial charge in [-0.3, -0.25) is 19.3 Å². The van der Waals surface area contributed by atoms with E-state index in [-0.39, 0.29) is 11.5 Å².